The molecule has 1 aromatic rings. The fraction of sp³-hybridized carbons (Fsp3) is 0.440. The molecule has 2 N–H and O–H groups in total. The van der Waals surface area contributed by atoms with Gasteiger partial charge in [0.25, 0.3) is 0 Å². The third-order valence-electron chi connectivity index (χ3n) is 6.66. The second kappa shape index (κ2) is 7.15. The van der Waals surface area contributed by atoms with Crippen LogP contribution >= 0.6 is 0 Å². The SMILES string of the molecule is CC(C)=CCC[C@]1(C)OC2=C(C(=O)c3cc(O)cc(O)c3C2=O)[C@@H]2C=C(C)CC[C@@H]21. The first kappa shape index (κ1) is 20.5. The number of hydrogen-bond donors (Lipinski definition) is 2. The van der Waals surface area contributed by atoms with Gasteiger partial charge in [-0.25, -0.2) is 0 Å². The van der Waals surface area contributed by atoms with Gasteiger partial charge >= 0.3 is 0 Å². The summed E-state index contributed by atoms with van der Waals surface area (Å²) in [5, 5.41) is 20.2. The fourth-order valence-corrected chi connectivity index (χ4v) is 5.15. The largest absolute Gasteiger partial charge is 0.508 e. The van der Waals surface area contributed by atoms with Gasteiger partial charge in [0.2, 0.25) is 5.78 Å². The lowest BCUT2D eigenvalue weighted by Gasteiger charge is -2.49. The first-order valence-electron chi connectivity index (χ1n) is 10.5. The quantitative estimate of drug-likeness (QED) is 0.668. The second-order valence-electron chi connectivity index (χ2n) is 9.21. The molecular formula is C25H28O5. The molecule has 158 valence electrons. The molecule has 0 amide bonds. The van der Waals surface area contributed by atoms with Crippen LogP contribution in [0.1, 0.15) is 74.1 Å². The zero-order valence-electron chi connectivity index (χ0n) is 17.9. The average Bonchev–Trinajstić information content (AvgIpc) is 2.65. The molecule has 0 aromatic heterocycles. The monoisotopic (exact) mass is 408 g/mol. The van der Waals surface area contributed by atoms with Gasteiger partial charge in [-0.3, -0.25) is 9.59 Å². The van der Waals surface area contributed by atoms with E-state index < -0.39 is 17.1 Å². The Hall–Kier alpha value is -2.82. The van der Waals surface area contributed by atoms with Crippen molar-refractivity contribution in [3.05, 3.63) is 57.9 Å². The maximum atomic E-state index is 13.4. The number of phenols is 2. The van der Waals surface area contributed by atoms with E-state index in [2.05, 4.69) is 26.0 Å². The molecule has 0 fully saturated rings. The highest BCUT2D eigenvalue weighted by atomic mass is 16.5. The maximum Gasteiger partial charge on any atom is 0.232 e. The van der Waals surface area contributed by atoms with Gasteiger partial charge in [-0.1, -0.05) is 23.3 Å². The lowest BCUT2D eigenvalue weighted by Crippen LogP contribution is -2.50. The molecule has 0 unspecified atom stereocenters. The molecule has 4 rings (SSSR count). The predicted molar refractivity (Wildman–Crippen MR) is 114 cm³/mol. The molecule has 0 saturated heterocycles. The fourth-order valence-electron chi connectivity index (χ4n) is 5.15. The van der Waals surface area contributed by atoms with Crippen LogP contribution in [0.5, 0.6) is 11.5 Å². The molecule has 0 bridgehead atoms. The molecular weight excluding hydrogens is 380 g/mol. The van der Waals surface area contributed by atoms with Gasteiger partial charge in [0.1, 0.15) is 17.1 Å². The van der Waals surface area contributed by atoms with Gasteiger partial charge in [-0.05, 0) is 59.4 Å². The summed E-state index contributed by atoms with van der Waals surface area (Å²) in [6.07, 6.45) is 7.64. The number of fused-ring (bicyclic) bond motifs is 3. The summed E-state index contributed by atoms with van der Waals surface area (Å²) < 4.78 is 6.37. The number of ether oxygens (including phenoxy) is 1. The van der Waals surface area contributed by atoms with Gasteiger partial charge in [-0.15, -0.1) is 0 Å². The maximum absolute atomic E-state index is 13.4. The van der Waals surface area contributed by atoms with Gasteiger partial charge in [0.15, 0.2) is 11.5 Å². The van der Waals surface area contributed by atoms with Crippen LogP contribution in [0.2, 0.25) is 0 Å². The van der Waals surface area contributed by atoms with Crippen molar-refractivity contribution in [2.24, 2.45) is 11.8 Å². The average molecular weight is 408 g/mol. The summed E-state index contributed by atoms with van der Waals surface area (Å²) in [6.45, 7) is 8.19. The minimum absolute atomic E-state index is 0.0448. The van der Waals surface area contributed by atoms with Crippen LogP contribution in [-0.4, -0.2) is 27.4 Å². The highest BCUT2D eigenvalue weighted by Gasteiger charge is 2.52. The Balaban J connectivity index is 1.85. The van der Waals surface area contributed by atoms with E-state index in [1.54, 1.807) is 0 Å². The highest BCUT2D eigenvalue weighted by molar-refractivity contribution is 6.27. The van der Waals surface area contributed by atoms with Gasteiger partial charge < -0.3 is 14.9 Å². The zero-order valence-corrected chi connectivity index (χ0v) is 17.9. The number of carbonyl (C=O) groups is 2. The first-order valence-corrected chi connectivity index (χ1v) is 10.5. The number of benzene rings is 1. The molecule has 3 atom stereocenters. The van der Waals surface area contributed by atoms with Crippen LogP contribution in [0.25, 0.3) is 0 Å². The molecule has 0 saturated carbocycles. The van der Waals surface area contributed by atoms with E-state index in [1.807, 2.05) is 13.8 Å². The minimum Gasteiger partial charge on any atom is -0.508 e. The summed E-state index contributed by atoms with van der Waals surface area (Å²) in [6, 6.07) is 2.34. The number of hydrogen-bond acceptors (Lipinski definition) is 5. The van der Waals surface area contributed by atoms with Crippen LogP contribution in [0, 0.1) is 11.8 Å². The Bertz CT molecular complexity index is 1040. The van der Waals surface area contributed by atoms with Crippen molar-refractivity contribution in [3.8, 4) is 11.5 Å². The molecule has 2 aliphatic carbocycles. The molecule has 0 spiro atoms. The van der Waals surface area contributed by atoms with E-state index in [-0.39, 0.29) is 40.3 Å². The van der Waals surface area contributed by atoms with E-state index in [0.29, 0.717) is 5.57 Å². The Morgan fingerprint density at radius 2 is 1.97 bits per heavy atom. The van der Waals surface area contributed by atoms with E-state index in [9.17, 15) is 19.8 Å². The molecule has 1 heterocycles. The van der Waals surface area contributed by atoms with Crippen molar-refractivity contribution in [2.75, 3.05) is 0 Å². The lowest BCUT2D eigenvalue weighted by molar-refractivity contribution is -0.0682. The molecule has 1 aliphatic heterocycles. The van der Waals surface area contributed by atoms with Crippen LogP contribution in [-0.2, 0) is 4.74 Å². The van der Waals surface area contributed by atoms with Crippen molar-refractivity contribution in [1.29, 1.82) is 0 Å². The van der Waals surface area contributed by atoms with Gasteiger partial charge in [0.05, 0.1) is 11.1 Å². The molecule has 5 nitrogen and oxygen atoms in total. The van der Waals surface area contributed by atoms with Gasteiger partial charge in [-0.2, -0.15) is 0 Å². The standard InChI is InChI=1S/C25H28O5/c1-13(2)6-5-9-25(4)18-8-7-14(3)10-16(18)21-22(28)17-11-15(26)12-19(27)20(17)23(29)24(21)30-25/h6,10-12,16,18,26-27H,5,7-9H2,1-4H3/t16-,18+,25+/m1/s1. The number of ketones is 2. The first-order chi connectivity index (χ1) is 14.1. The summed E-state index contributed by atoms with van der Waals surface area (Å²) in [5.74, 6) is -1.56. The predicted octanol–water partition coefficient (Wildman–Crippen LogP) is 5.24. The van der Waals surface area contributed by atoms with E-state index in [0.717, 1.165) is 31.7 Å². The number of phenolic OH excluding ortho intramolecular Hbond substituents is 2. The zero-order chi connectivity index (χ0) is 21.8. The van der Waals surface area contributed by atoms with Crippen molar-refractivity contribution in [1.82, 2.24) is 0 Å². The third kappa shape index (κ3) is 3.17. The molecule has 30 heavy (non-hydrogen) atoms. The Morgan fingerprint density at radius 3 is 2.67 bits per heavy atom. The lowest BCUT2D eigenvalue weighted by atomic mass is 9.63. The van der Waals surface area contributed by atoms with Gasteiger partial charge in [0, 0.05) is 23.5 Å². The van der Waals surface area contributed by atoms with Crippen molar-refractivity contribution in [2.45, 2.75) is 59.0 Å². The van der Waals surface area contributed by atoms with E-state index in [4.69, 9.17) is 4.74 Å². The third-order valence-corrected chi connectivity index (χ3v) is 6.66. The van der Waals surface area contributed by atoms with Crippen molar-refractivity contribution < 1.29 is 24.5 Å². The normalized spacial score (nSPS) is 27.5. The number of carbonyl (C=O) groups excluding carboxylic acids is 2. The Morgan fingerprint density at radius 1 is 1.23 bits per heavy atom. The number of rotatable bonds is 3. The summed E-state index contributed by atoms with van der Waals surface area (Å²) in [4.78, 5) is 26.8. The Labute approximate surface area is 176 Å². The van der Waals surface area contributed by atoms with E-state index in [1.165, 1.54) is 17.2 Å². The van der Waals surface area contributed by atoms with Crippen molar-refractivity contribution in [3.63, 3.8) is 0 Å². The van der Waals surface area contributed by atoms with Crippen LogP contribution in [0.3, 0.4) is 0 Å². The smallest absolute Gasteiger partial charge is 0.232 e. The van der Waals surface area contributed by atoms with Crippen LogP contribution in [0.4, 0.5) is 0 Å². The van der Waals surface area contributed by atoms with Crippen molar-refractivity contribution >= 4 is 11.6 Å². The number of allylic oxidation sites excluding steroid dienone is 6. The number of Topliss-reactive ketones (excluding diaryl/α,β-unsaturated/α-hetero) is 2. The highest BCUT2D eigenvalue weighted by Crippen LogP contribution is 2.52. The Kier molecular flexibility index (Phi) is 4.88. The molecule has 1 aromatic carbocycles. The summed E-state index contributed by atoms with van der Waals surface area (Å²) in [7, 11) is 0. The molecule has 0 radical (unpaired) electrons. The van der Waals surface area contributed by atoms with Crippen LogP contribution < -0.4 is 0 Å². The minimum atomic E-state index is -0.591. The van der Waals surface area contributed by atoms with Crippen LogP contribution in [0.15, 0.2) is 46.8 Å². The summed E-state index contributed by atoms with van der Waals surface area (Å²) >= 11 is 0. The topological polar surface area (TPSA) is 83.8 Å². The molecule has 3 aliphatic rings. The number of aromatic hydroxyl groups is 2. The molecule has 5 heteroatoms. The second-order valence-corrected chi connectivity index (χ2v) is 9.21. The van der Waals surface area contributed by atoms with E-state index >= 15 is 0 Å². The summed E-state index contributed by atoms with van der Waals surface area (Å²) in [5.41, 5.74) is 2.16.